The van der Waals surface area contributed by atoms with Crippen molar-refractivity contribution in [2.45, 2.75) is 12.6 Å². The Morgan fingerprint density at radius 1 is 0.864 bits per heavy atom. The average molecular weight is 334 g/mol. The quantitative estimate of drug-likeness (QED) is 0.575. The van der Waals surface area contributed by atoms with Gasteiger partial charge in [0.25, 0.3) is 0 Å². The van der Waals surface area contributed by atoms with Crippen molar-refractivity contribution in [2.24, 2.45) is 0 Å². The van der Waals surface area contributed by atoms with Gasteiger partial charge in [0.15, 0.2) is 0 Å². The number of benzene rings is 2. The maximum Gasteiger partial charge on any atom is 0.334 e. The highest BCUT2D eigenvalue weighted by Crippen LogP contribution is 2.45. The van der Waals surface area contributed by atoms with Gasteiger partial charge in [0, 0.05) is 31.0 Å². The molecule has 0 fully saturated rings. The van der Waals surface area contributed by atoms with E-state index in [4.69, 9.17) is 8.85 Å². The lowest BCUT2D eigenvalue weighted by Crippen LogP contribution is -2.37. The second kappa shape index (κ2) is 7.38. The molecule has 0 aromatic heterocycles. The first-order valence-corrected chi connectivity index (χ1v) is 11.8. The molecular formula is C17H23O3PSi. The van der Waals surface area contributed by atoms with Crippen LogP contribution in [0.5, 0.6) is 0 Å². The van der Waals surface area contributed by atoms with E-state index in [-0.39, 0.29) is 0 Å². The molecule has 2 aromatic carbocycles. The van der Waals surface area contributed by atoms with Crippen molar-refractivity contribution in [3.8, 4) is 0 Å². The van der Waals surface area contributed by atoms with Crippen LogP contribution in [0.1, 0.15) is 0 Å². The molecule has 3 nitrogen and oxygen atoms in total. The largest absolute Gasteiger partial charge is 0.398 e. The molecule has 0 atom stereocenters. The number of hydrogen-bond acceptors (Lipinski definition) is 3. The molecule has 0 aliphatic heterocycles. The van der Waals surface area contributed by atoms with Crippen molar-refractivity contribution in [3.63, 3.8) is 0 Å². The Balaban J connectivity index is 2.38. The molecule has 0 spiro atoms. The van der Waals surface area contributed by atoms with Crippen molar-refractivity contribution >= 4 is 26.3 Å². The lowest BCUT2D eigenvalue weighted by molar-refractivity contribution is 0.251. The summed E-state index contributed by atoms with van der Waals surface area (Å²) < 4.78 is 24.9. The van der Waals surface area contributed by atoms with Crippen LogP contribution in [0.25, 0.3) is 0 Å². The maximum absolute atomic E-state index is 13.8. The molecule has 2 aromatic rings. The van der Waals surface area contributed by atoms with Crippen LogP contribution in [-0.4, -0.2) is 28.9 Å². The van der Waals surface area contributed by atoms with Crippen molar-refractivity contribution in [2.75, 3.05) is 20.4 Å². The molecule has 0 aliphatic carbocycles. The van der Waals surface area contributed by atoms with Crippen LogP contribution < -0.4 is 10.6 Å². The molecule has 22 heavy (non-hydrogen) atoms. The van der Waals surface area contributed by atoms with Gasteiger partial charge in [-0.1, -0.05) is 60.7 Å². The summed E-state index contributed by atoms with van der Waals surface area (Å²) in [5.41, 5.74) is 0. The van der Waals surface area contributed by atoms with Crippen molar-refractivity contribution in [1.82, 2.24) is 0 Å². The lowest BCUT2D eigenvalue weighted by atomic mass is 10.4. The first-order chi connectivity index (χ1) is 10.5. The Labute approximate surface area is 133 Å². The zero-order valence-electron chi connectivity index (χ0n) is 13.4. The highest BCUT2D eigenvalue weighted by Gasteiger charge is 2.35. The fourth-order valence-corrected chi connectivity index (χ4v) is 7.97. The zero-order chi connectivity index (χ0) is 16.1. The molecule has 0 amide bonds. The van der Waals surface area contributed by atoms with Crippen LogP contribution in [0.2, 0.25) is 12.6 Å². The zero-order valence-corrected chi connectivity index (χ0v) is 15.3. The van der Waals surface area contributed by atoms with Gasteiger partial charge in [-0.2, -0.15) is 0 Å². The van der Waals surface area contributed by atoms with Gasteiger partial charge in [0.1, 0.15) is 7.14 Å². The Bertz CT molecular complexity index is 583. The summed E-state index contributed by atoms with van der Waals surface area (Å²) in [7, 11) is -1.57. The van der Waals surface area contributed by atoms with E-state index in [0.29, 0.717) is 12.2 Å². The predicted octanol–water partition coefficient (Wildman–Crippen LogP) is 3.37. The van der Waals surface area contributed by atoms with E-state index in [2.05, 4.69) is 0 Å². The Morgan fingerprint density at radius 3 is 1.64 bits per heavy atom. The van der Waals surface area contributed by atoms with Gasteiger partial charge >= 0.3 is 8.56 Å². The van der Waals surface area contributed by atoms with E-state index in [1.165, 1.54) is 0 Å². The summed E-state index contributed by atoms with van der Waals surface area (Å²) in [6.07, 6.45) is 0.561. The highest BCUT2D eigenvalue weighted by molar-refractivity contribution is 7.78. The minimum atomic E-state index is -2.67. The van der Waals surface area contributed by atoms with Crippen LogP contribution in [0.15, 0.2) is 60.7 Å². The van der Waals surface area contributed by atoms with Gasteiger partial charge in [0.05, 0.1) is 0 Å². The van der Waals surface area contributed by atoms with Gasteiger partial charge in [0.2, 0.25) is 0 Å². The van der Waals surface area contributed by atoms with Crippen molar-refractivity contribution < 1.29 is 13.4 Å². The molecule has 0 bridgehead atoms. The molecule has 0 saturated heterocycles. The molecule has 0 aliphatic rings. The van der Waals surface area contributed by atoms with E-state index < -0.39 is 15.7 Å². The SMILES string of the molecule is CO[Si](C)(CCP(=O)(c1ccccc1)c1ccccc1)OC. The molecule has 118 valence electrons. The summed E-state index contributed by atoms with van der Waals surface area (Å²) in [6, 6.07) is 20.1. The molecular weight excluding hydrogens is 311 g/mol. The Hall–Kier alpha value is -1.19. The summed E-state index contributed by atoms with van der Waals surface area (Å²) in [5.74, 6) is 0. The third kappa shape index (κ3) is 3.76. The Morgan fingerprint density at radius 2 is 1.27 bits per heavy atom. The third-order valence-corrected chi connectivity index (χ3v) is 10.5. The molecule has 2 rings (SSSR count). The summed E-state index contributed by atoms with van der Waals surface area (Å²) in [6.45, 7) is 2.01. The topological polar surface area (TPSA) is 35.5 Å². The van der Waals surface area contributed by atoms with Crippen LogP contribution in [-0.2, 0) is 13.4 Å². The first-order valence-electron chi connectivity index (χ1n) is 7.35. The molecule has 0 N–H and O–H groups in total. The normalized spacial score (nSPS) is 12.3. The second-order valence-corrected chi connectivity index (χ2v) is 12.0. The average Bonchev–Trinajstić information content (AvgIpc) is 2.61. The molecule has 0 radical (unpaired) electrons. The molecule has 0 saturated carbocycles. The number of rotatable bonds is 7. The monoisotopic (exact) mass is 334 g/mol. The van der Waals surface area contributed by atoms with Gasteiger partial charge in [-0.3, -0.25) is 0 Å². The number of hydrogen-bond donors (Lipinski definition) is 0. The maximum atomic E-state index is 13.8. The van der Waals surface area contributed by atoms with Crippen LogP contribution >= 0.6 is 7.14 Å². The molecule has 0 heterocycles. The van der Waals surface area contributed by atoms with Crippen molar-refractivity contribution in [1.29, 1.82) is 0 Å². The third-order valence-electron chi connectivity index (χ3n) is 4.09. The summed E-state index contributed by atoms with van der Waals surface area (Å²) >= 11 is 0. The van der Waals surface area contributed by atoms with Crippen LogP contribution in [0, 0.1) is 0 Å². The second-order valence-electron chi connectivity index (χ2n) is 5.43. The van der Waals surface area contributed by atoms with E-state index in [9.17, 15) is 4.57 Å². The fourth-order valence-electron chi connectivity index (χ4n) is 2.39. The van der Waals surface area contributed by atoms with E-state index in [1.54, 1.807) is 14.2 Å². The Kier molecular flexibility index (Phi) is 5.76. The fraction of sp³-hybridized carbons (Fsp3) is 0.294. The van der Waals surface area contributed by atoms with Gasteiger partial charge < -0.3 is 13.4 Å². The first kappa shape index (κ1) is 17.2. The highest BCUT2D eigenvalue weighted by atomic mass is 31.2. The van der Waals surface area contributed by atoms with Gasteiger partial charge in [-0.05, 0) is 12.6 Å². The van der Waals surface area contributed by atoms with E-state index in [0.717, 1.165) is 10.6 Å². The minimum absolute atomic E-state index is 0.561. The smallest absolute Gasteiger partial charge is 0.334 e. The minimum Gasteiger partial charge on any atom is -0.398 e. The van der Waals surface area contributed by atoms with Crippen molar-refractivity contribution in [3.05, 3.63) is 60.7 Å². The van der Waals surface area contributed by atoms with Gasteiger partial charge in [-0.15, -0.1) is 0 Å². The molecule has 5 heteroatoms. The standard InChI is InChI=1S/C17H23O3PSi/c1-19-22(3,20-2)15-14-21(18,16-10-6-4-7-11-16)17-12-8-5-9-13-17/h4-13H,14-15H2,1-3H3. The van der Waals surface area contributed by atoms with Gasteiger partial charge in [-0.25, -0.2) is 0 Å². The van der Waals surface area contributed by atoms with Crippen LogP contribution in [0.3, 0.4) is 0 Å². The molecule has 0 unspecified atom stereocenters. The van der Waals surface area contributed by atoms with E-state index in [1.807, 2.05) is 67.2 Å². The lowest BCUT2D eigenvalue weighted by Gasteiger charge is -2.26. The summed E-state index contributed by atoms with van der Waals surface area (Å²) in [5, 5.41) is 1.79. The predicted molar refractivity (Wildman–Crippen MR) is 95.1 cm³/mol. The van der Waals surface area contributed by atoms with E-state index >= 15 is 0 Å². The summed E-state index contributed by atoms with van der Waals surface area (Å²) in [4.78, 5) is 0. The van der Waals surface area contributed by atoms with Crippen LogP contribution in [0.4, 0.5) is 0 Å².